The van der Waals surface area contributed by atoms with E-state index in [1.54, 1.807) is 7.11 Å². The van der Waals surface area contributed by atoms with Crippen LogP contribution in [0.5, 0.6) is 0 Å². The molecule has 0 aliphatic carbocycles. The average molecular weight is 231 g/mol. The molecule has 0 spiro atoms. The molecule has 98 valence electrons. The highest BCUT2D eigenvalue weighted by molar-refractivity contribution is 4.66. The fourth-order valence-corrected chi connectivity index (χ4v) is 1.77. The van der Waals surface area contributed by atoms with Crippen LogP contribution in [0.25, 0.3) is 0 Å². The van der Waals surface area contributed by atoms with Gasteiger partial charge in [0.2, 0.25) is 0 Å². The first-order chi connectivity index (χ1) is 7.61. The molecule has 0 rings (SSSR count). The van der Waals surface area contributed by atoms with Crippen molar-refractivity contribution < 1.29 is 9.84 Å². The zero-order chi connectivity index (χ0) is 12.4. The largest absolute Gasteiger partial charge is 0.393 e. The molecule has 2 atom stereocenters. The lowest BCUT2D eigenvalue weighted by Crippen LogP contribution is -2.36. The van der Waals surface area contributed by atoms with Gasteiger partial charge in [-0.2, -0.15) is 0 Å². The molecule has 0 heterocycles. The van der Waals surface area contributed by atoms with E-state index in [1.165, 1.54) is 12.8 Å². The van der Waals surface area contributed by atoms with Crippen molar-refractivity contribution in [3.8, 4) is 0 Å². The van der Waals surface area contributed by atoms with Crippen molar-refractivity contribution in [2.75, 3.05) is 26.8 Å². The summed E-state index contributed by atoms with van der Waals surface area (Å²) >= 11 is 0. The second-order valence-electron chi connectivity index (χ2n) is 4.63. The number of rotatable bonds is 10. The molecule has 0 saturated heterocycles. The Morgan fingerprint density at radius 1 is 1.19 bits per heavy atom. The first kappa shape index (κ1) is 15.9. The van der Waals surface area contributed by atoms with Crippen molar-refractivity contribution in [1.29, 1.82) is 0 Å². The number of hydrogen-bond acceptors (Lipinski definition) is 3. The summed E-state index contributed by atoms with van der Waals surface area (Å²) in [5.41, 5.74) is 0. The lowest BCUT2D eigenvalue weighted by Gasteiger charge is -2.28. The zero-order valence-electron chi connectivity index (χ0n) is 11.4. The van der Waals surface area contributed by atoms with Crippen LogP contribution in [0.4, 0.5) is 0 Å². The maximum absolute atomic E-state index is 9.18. The van der Waals surface area contributed by atoms with Crippen molar-refractivity contribution in [2.24, 2.45) is 0 Å². The molecule has 0 aliphatic heterocycles. The molecular weight excluding hydrogens is 202 g/mol. The average Bonchev–Trinajstić information content (AvgIpc) is 2.26. The Labute approximate surface area is 101 Å². The van der Waals surface area contributed by atoms with E-state index in [0.29, 0.717) is 6.04 Å². The standard InChI is InChI=1S/C13H29NO2/c1-5-12(2)14(10-11-16-4)9-7-6-8-13(3)15/h12-13,15H,5-11H2,1-4H3. The first-order valence-corrected chi connectivity index (χ1v) is 6.52. The summed E-state index contributed by atoms with van der Waals surface area (Å²) in [6.07, 6.45) is 4.21. The van der Waals surface area contributed by atoms with Gasteiger partial charge in [0.25, 0.3) is 0 Å². The highest BCUT2D eigenvalue weighted by atomic mass is 16.5. The molecule has 3 nitrogen and oxygen atoms in total. The molecule has 1 N–H and O–H groups in total. The molecule has 3 heteroatoms. The van der Waals surface area contributed by atoms with Gasteiger partial charge in [0.15, 0.2) is 0 Å². The van der Waals surface area contributed by atoms with E-state index >= 15 is 0 Å². The molecule has 2 unspecified atom stereocenters. The Kier molecular flexibility index (Phi) is 9.99. The second-order valence-corrected chi connectivity index (χ2v) is 4.63. The monoisotopic (exact) mass is 231 g/mol. The van der Waals surface area contributed by atoms with Crippen LogP contribution < -0.4 is 0 Å². The predicted molar refractivity (Wildman–Crippen MR) is 68.7 cm³/mol. The first-order valence-electron chi connectivity index (χ1n) is 6.52. The molecule has 0 fully saturated rings. The maximum atomic E-state index is 9.18. The summed E-state index contributed by atoms with van der Waals surface area (Å²) in [5.74, 6) is 0. The molecular formula is C13H29NO2. The van der Waals surface area contributed by atoms with Crippen LogP contribution in [0.15, 0.2) is 0 Å². The molecule has 0 aromatic carbocycles. The highest BCUT2D eigenvalue weighted by Crippen LogP contribution is 2.07. The van der Waals surface area contributed by atoms with Gasteiger partial charge in [-0.1, -0.05) is 6.92 Å². The van der Waals surface area contributed by atoms with Crippen molar-refractivity contribution in [2.45, 2.75) is 58.6 Å². The van der Waals surface area contributed by atoms with Crippen LogP contribution in [-0.2, 0) is 4.74 Å². The van der Waals surface area contributed by atoms with Gasteiger partial charge in [-0.3, -0.25) is 4.90 Å². The van der Waals surface area contributed by atoms with E-state index in [-0.39, 0.29) is 6.10 Å². The molecule has 0 aromatic heterocycles. The van der Waals surface area contributed by atoms with Crippen LogP contribution in [0.2, 0.25) is 0 Å². The van der Waals surface area contributed by atoms with Gasteiger partial charge in [-0.15, -0.1) is 0 Å². The van der Waals surface area contributed by atoms with Crippen molar-refractivity contribution in [3.63, 3.8) is 0 Å². The van der Waals surface area contributed by atoms with Crippen LogP contribution in [0.3, 0.4) is 0 Å². The topological polar surface area (TPSA) is 32.7 Å². The van der Waals surface area contributed by atoms with Crippen molar-refractivity contribution >= 4 is 0 Å². The molecule has 16 heavy (non-hydrogen) atoms. The SMILES string of the molecule is CCC(C)N(CCCCC(C)O)CCOC. The predicted octanol–water partition coefficient (Wildman–Crippen LogP) is 2.28. The molecule has 0 amide bonds. The Morgan fingerprint density at radius 3 is 2.38 bits per heavy atom. The number of hydrogen-bond donors (Lipinski definition) is 1. The van der Waals surface area contributed by atoms with E-state index in [4.69, 9.17) is 4.74 Å². The summed E-state index contributed by atoms with van der Waals surface area (Å²) in [5, 5.41) is 9.18. The Balaban J connectivity index is 3.73. The number of aliphatic hydroxyl groups excluding tert-OH is 1. The van der Waals surface area contributed by atoms with Gasteiger partial charge in [-0.05, 0) is 46.1 Å². The summed E-state index contributed by atoms with van der Waals surface area (Å²) in [6, 6.07) is 0.627. The number of nitrogens with zero attached hydrogens (tertiary/aromatic N) is 1. The van der Waals surface area contributed by atoms with Gasteiger partial charge in [0.05, 0.1) is 12.7 Å². The Hall–Kier alpha value is -0.120. The van der Waals surface area contributed by atoms with Gasteiger partial charge in [0, 0.05) is 19.7 Å². The molecule has 0 radical (unpaired) electrons. The molecule has 0 bridgehead atoms. The van der Waals surface area contributed by atoms with Gasteiger partial charge in [0.1, 0.15) is 0 Å². The van der Waals surface area contributed by atoms with E-state index in [9.17, 15) is 5.11 Å². The smallest absolute Gasteiger partial charge is 0.0589 e. The lowest BCUT2D eigenvalue weighted by molar-refractivity contribution is 0.119. The van der Waals surface area contributed by atoms with Crippen LogP contribution >= 0.6 is 0 Å². The number of aliphatic hydroxyl groups is 1. The van der Waals surface area contributed by atoms with E-state index in [2.05, 4.69) is 18.7 Å². The van der Waals surface area contributed by atoms with E-state index < -0.39 is 0 Å². The third-order valence-electron chi connectivity index (χ3n) is 3.11. The van der Waals surface area contributed by atoms with Crippen molar-refractivity contribution in [1.82, 2.24) is 4.90 Å². The highest BCUT2D eigenvalue weighted by Gasteiger charge is 2.11. The number of methoxy groups -OCH3 is 1. The minimum atomic E-state index is -0.156. The minimum Gasteiger partial charge on any atom is -0.393 e. The zero-order valence-corrected chi connectivity index (χ0v) is 11.4. The fraction of sp³-hybridized carbons (Fsp3) is 1.00. The third-order valence-corrected chi connectivity index (χ3v) is 3.11. The van der Waals surface area contributed by atoms with Gasteiger partial charge in [-0.25, -0.2) is 0 Å². The summed E-state index contributed by atoms with van der Waals surface area (Å²) in [7, 11) is 1.75. The fourth-order valence-electron chi connectivity index (χ4n) is 1.77. The molecule has 0 saturated carbocycles. The van der Waals surface area contributed by atoms with E-state index in [0.717, 1.165) is 32.5 Å². The number of ether oxygens (including phenoxy) is 1. The van der Waals surface area contributed by atoms with E-state index in [1.807, 2.05) is 6.92 Å². The Bertz CT molecular complexity index is 151. The summed E-state index contributed by atoms with van der Waals surface area (Å²) in [4.78, 5) is 2.48. The van der Waals surface area contributed by atoms with Crippen LogP contribution in [-0.4, -0.2) is 49.0 Å². The maximum Gasteiger partial charge on any atom is 0.0589 e. The minimum absolute atomic E-state index is 0.156. The van der Waals surface area contributed by atoms with Gasteiger partial charge < -0.3 is 9.84 Å². The van der Waals surface area contributed by atoms with Crippen molar-refractivity contribution in [3.05, 3.63) is 0 Å². The Morgan fingerprint density at radius 2 is 1.88 bits per heavy atom. The summed E-state index contributed by atoms with van der Waals surface area (Å²) < 4.78 is 5.13. The second kappa shape index (κ2) is 10.1. The van der Waals surface area contributed by atoms with Crippen LogP contribution in [0.1, 0.15) is 46.5 Å². The third kappa shape index (κ3) is 8.08. The lowest BCUT2D eigenvalue weighted by atomic mass is 10.1. The summed E-state index contributed by atoms with van der Waals surface area (Å²) in [6.45, 7) is 9.29. The number of unbranched alkanes of at least 4 members (excludes halogenated alkanes) is 1. The van der Waals surface area contributed by atoms with Crippen LogP contribution in [0, 0.1) is 0 Å². The molecule has 0 aliphatic rings. The molecule has 0 aromatic rings. The van der Waals surface area contributed by atoms with Gasteiger partial charge >= 0.3 is 0 Å². The quantitative estimate of drug-likeness (QED) is 0.586. The normalized spacial score (nSPS) is 15.4.